The fourth-order valence-corrected chi connectivity index (χ4v) is 3.51. The maximum atomic E-state index is 5.56. The first-order valence-electron chi connectivity index (χ1n) is 7.01. The summed E-state index contributed by atoms with van der Waals surface area (Å²) in [7, 11) is 0. The monoisotopic (exact) mass is 357 g/mol. The SMILES string of the molecule is c1ccc(Nc2nnc(SCc3nnc(-c4ccco4)o3)s2)cc1. The molecule has 0 bridgehead atoms. The number of hydrogen-bond acceptors (Lipinski definition) is 9. The largest absolute Gasteiger partial charge is 0.459 e. The number of para-hydroxylation sites is 1. The van der Waals surface area contributed by atoms with E-state index in [1.54, 1.807) is 18.4 Å². The molecule has 7 nitrogen and oxygen atoms in total. The van der Waals surface area contributed by atoms with Crippen molar-refractivity contribution in [2.24, 2.45) is 0 Å². The summed E-state index contributed by atoms with van der Waals surface area (Å²) in [6.45, 7) is 0. The van der Waals surface area contributed by atoms with Gasteiger partial charge in [-0.2, -0.15) is 0 Å². The summed E-state index contributed by atoms with van der Waals surface area (Å²) in [5, 5.41) is 20.2. The van der Waals surface area contributed by atoms with E-state index in [9.17, 15) is 0 Å². The second kappa shape index (κ2) is 6.85. The van der Waals surface area contributed by atoms with Crippen LogP contribution in [0.1, 0.15) is 5.89 Å². The van der Waals surface area contributed by atoms with Gasteiger partial charge in [-0.05, 0) is 24.3 Å². The Balaban J connectivity index is 1.36. The van der Waals surface area contributed by atoms with Gasteiger partial charge in [-0.15, -0.1) is 20.4 Å². The maximum Gasteiger partial charge on any atom is 0.283 e. The van der Waals surface area contributed by atoms with Gasteiger partial charge in [0, 0.05) is 5.69 Å². The van der Waals surface area contributed by atoms with Gasteiger partial charge in [0.2, 0.25) is 11.0 Å². The number of nitrogens with one attached hydrogen (secondary N) is 1. The van der Waals surface area contributed by atoms with Crippen LogP contribution in [0.25, 0.3) is 11.7 Å². The third-order valence-electron chi connectivity index (χ3n) is 2.95. The van der Waals surface area contributed by atoms with Crippen molar-refractivity contribution in [2.45, 2.75) is 10.1 Å². The summed E-state index contributed by atoms with van der Waals surface area (Å²) in [5.74, 6) is 1.97. The van der Waals surface area contributed by atoms with Crippen LogP contribution < -0.4 is 5.32 Å². The molecule has 4 aromatic rings. The van der Waals surface area contributed by atoms with E-state index in [0.29, 0.717) is 23.3 Å². The van der Waals surface area contributed by atoms with E-state index in [1.807, 2.05) is 30.3 Å². The number of nitrogens with zero attached hydrogens (tertiary/aromatic N) is 4. The zero-order chi connectivity index (χ0) is 16.2. The molecule has 24 heavy (non-hydrogen) atoms. The van der Waals surface area contributed by atoms with Crippen LogP contribution >= 0.6 is 23.1 Å². The fraction of sp³-hybridized carbons (Fsp3) is 0.0667. The second-order valence-corrected chi connectivity index (χ2v) is 6.83. The Morgan fingerprint density at radius 3 is 2.75 bits per heavy atom. The van der Waals surface area contributed by atoms with Crippen molar-refractivity contribution in [1.29, 1.82) is 0 Å². The number of aromatic nitrogens is 4. The summed E-state index contributed by atoms with van der Waals surface area (Å²) >= 11 is 2.97. The van der Waals surface area contributed by atoms with Gasteiger partial charge in [0.05, 0.1) is 12.0 Å². The Bertz CT molecular complexity index is 905. The lowest BCUT2D eigenvalue weighted by molar-refractivity contribution is 0.494. The summed E-state index contributed by atoms with van der Waals surface area (Å²) in [4.78, 5) is 0. The third-order valence-corrected chi connectivity index (χ3v) is 4.91. The van der Waals surface area contributed by atoms with Crippen molar-refractivity contribution in [1.82, 2.24) is 20.4 Å². The molecular formula is C15H11N5O2S2. The Kier molecular flexibility index (Phi) is 4.26. The quantitative estimate of drug-likeness (QED) is 0.513. The van der Waals surface area contributed by atoms with Crippen molar-refractivity contribution in [3.63, 3.8) is 0 Å². The lowest BCUT2D eigenvalue weighted by atomic mass is 10.3. The van der Waals surface area contributed by atoms with Gasteiger partial charge in [-0.3, -0.25) is 0 Å². The van der Waals surface area contributed by atoms with Crippen LogP contribution in [0.15, 0.2) is 61.9 Å². The first-order chi connectivity index (χ1) is 11.9. The fourth-order valence-electron chi connectivity index (χ4n) is 1.90. The van der Waals surface area contributed by atoms with E-state index < -0.39 is 0 Å². The predicted molar refractivity (Wildman–Crippen MR) is 91.2 cm³/mol. The molecule has 0 radical (unpaired) electrons. The molecule has 0 amide bonds. The highest BCUT2D eigenvalue weighted by Crippen LogP contribution is 2.30. The molecule has 0 saturated carbocycles. The molecule has 0 spiro atoms. The molecule has 0 aliphatic heterocycles. The molecule has 0 fully saturated rings. The number of thioether (sulfide) groups is 1. The highest BCUT2D eigenvalue weighted by atomic mass is 32.2. The van der Waals surface area contributed by atoms with Gasteiger partial charge in [-0.25, -0.2) is 0 Å². The number of hydrogen-bond donors (Lipinski definition) is 1. The lowest BCUT2D eigenvalue weighted by Crippen LogP contribution is -1.87. The standard InChI is InChI=1S/C15H11N5O2S2/c1-2-5-10(6-3-1)16-14-19-20-15(24-14)23-9-12-17-18-13(22-12)11-7-4-8-21-11/h1-8H,9H2,(H,16,19). The number of benzene rings is 1. The maximum absolute atomic E-state index is 5.56. The topological polar surface area (TPSA) is 89.9 Å². The smallest absolute Gasteiger partial charge is 0.283 e. The van der Waals surface area contributed by atoms with E-state index in [1.165, 1.54) is 23.1 Å². The van der Waals surface area contributed by atoms with Crippen LogP contribution in [-0.4, -0.2) is 20.4 Å². The average Bonchev–Trinajstić information content (AvgIpc) is 3.35. The van der Waals surface area contributed by atoms with E-state index >= 15 is 0 Å². The Morgan fingerprint density at radius 1 is 1.00 bits per heavy atom. The number of rotatable bonds is 6. The minimum Gasteiger partial charge on any atom is -0.459 e. The first kappa shape index (κ1) is 14.9. The number of furan rings is 1. The number of anilines is 2. The average molecular weight is 357 g/mol. The molecule has 120 valence electrons. The molecule has 1 aromatic carbocycles. The van der Waals surface area contributed by atoms with Crippen LogP contribution in [0.2, 0.25) is 0 Å². The van der Waals surface area contributed by atoms with Crippen LogP contribution in [0.5, 0.6) is 0 Å². The first-order valence-corrected chi connectivity index (χ1v) is 8.82. The van der Waals surface area contributed by atoms with Gasteiger partial charge in [0.25, 0.3) is 5.89 Å². The molecule has 9 heteroatoms. The molecule has 4 rings (SSSR count). The van der Waals surface area contributed by atoms with E-state index in [-0.39, 0.29) is 0 Å². The highest BCUT2D eigenvalue weighted by Gasteiger charge is 2.12. The van der Waals surface area contributed by atoms with Gasteiger partial charge >= 0.3 is 0 Å². The Morgan fingerprint density at radius 2 is 1.92 bits per heavy atom. The molecule has 1 N–H and O–H groups in total. The van der Waals surface area contributed by atoms with Crippen molar-refractivity contribution in [3.8, 4) is 11.7 Å². The van der Waals surface area contributed by atoms with Crippen molar-refractivity contribution >= 4 is 33.9 Å². The van der Waals surface area contributed by atoms with Crippen molar-refractivity contribution in [2.75, 3.05) is 5.32 Å². The zero-order valence-electron chi connectivity index (χ0n) is 12.2. The lowest BCUT2D eigenvalue weighted by Gasteiger charge is -1.99. The molecule has 3 heterocycles. The third kappa shape index (κ3) is 3.47. The molecule has 0 atom stereocenters. The van der Waals surface area contributed by atoms with Gasteiger partial charge in [0.15, 0.2) is 10.1 Å². The van der Waals surface area contributed by atoms with Gasteiger partial charge in [0.1, 0.15) is 0 Å². The molecule has 0 aliphatic carbocycles. The molecule has 0 saturated heterocycles. The summed E-state index contributed by atoms with van der Waals surface area (Å²) in [6.07, 6.45) is 1.57. The van der Waals surface area contributed by atoms with Crippen LogP contribution in [0.4, 0.5) is 10.8 Å². The zero-order valence-corrected chi connectivity index (χ0v) is 13.9. The van der Waals surface area contributed by atoms with Crippen LogP contribution in [0.3, 0.4) is 0 Å². The molecular weight excluding hydrogens is 346 g/mol. The molecule has 3 aromatic heterocycles. The van der Waals surface area contributed by atoms with Gasteiger partial charge < -0.3 is 14.2 Å². The van der Waals surface area contributed by atoms with E-state index in [4.69, 9.17) is 8.83 Å². The molecule has 0 unspecified atom stereocenters. The Hall–Kier alpha value is -2.65. The van der Waals surface area contributed by atoms with Crippen LogP contribution in [0, 0.1) is 0 Å². The summed E-state index contributed by atoms with van der Waals surface area (Å²) < 4.78 is 11.6. The van der Waals surface area contributed by atoms with Gasteiger partial charge in [-0.1, -0.05) is 41.3 Å². The van der Waals surface area contributed by atoms with E-state index in [2.05, 4.69) is 25.7 Å². The summed E-state index contributed by atoms with van der Waals surface area (Å²) in [6, 6.07) is 13.4. The van der Waals surface area contributed by atoms with Crippen molar-refractivity contribution in [3.05, 3.63) is 54.6 Å². The van der Waals surface area contributed by atoms with Crippen LogP contribution in [-0.2, 0) is 5.75 Å². The van der Waals surface area contributed by atoms with E-state index in [0.717, 1.165) is 15.2 Å². The highest BCUT2D eigenvalue weighted by molar-refractivity contribution is 8.00. The second-order valence-electron chi connectivity index (χ2n) is 4.63. The Labute approximate surface area is 145 Å². The normalized spacial score (nSPS) is 10.8. The predicted octanol–water partition coefficient (Wildman–Crippen LogP) is 4.22. The summed E-state index contributed by atoms with van der Waals surface area (Å²) in [5.41, 5.74) is 0.977. The van der Waals surface area contributed by atoms with Crippen molar-refractivity contribution < 1.29 is 8.83 Å². The minimum absolute atomic E-state index is 0.374. The molecule has 0 aliphatic rings. The minimum atomic E-state index is 0.374.